The fourth-order valence-corrected chi connectivity index (χ4v) is 2.08. The van der Waals surface area contributed by atoms with E-state index in [9.17, 15) is 13.2 Å². The van der Waals surface area contributed by atoms with Gasteiger partial charge in [-0.25, -0.2) is 0 Å². The van der Waals surface area contributed by atoms with Crippen LogP contribution >= 0.6 is 0 Å². The van der Waals surface area contributed by atoms with Crippen molar-refractivity contribution in [3.05, 3.63) is 36.0 Å². The van der Waals surface area contributed by atoms with Crippen molar-refractivity contribution in [1.82, 2.24) is 4.57 Å². The third-order valence-corrected chi connectivity index (χ3v) is 2.74. The average molecular weight is 256 g/mol. The molecule has 0 aliphatic rings. The lowest BCUT2D eigenvalue weighted by Gasteiger charge is -2.10. The van der Waals surface area contributed by atoms with Crippen LogP contribution < -0.4 is 5.73 Å². The molecule has 0 saturated heterocycles. The Hall–Kier alpha value is -1.49. The van der Waals surface area contributed by atoms with Gasteiger partial charge in [-0.2, -0.15) is 13.2 Å². The van der Waals surface area contributed by atoms with Crippen LogP contribution in [-0.4, -0.2) is 16.8 Å². The maximum Gasteiger partial charge on any atom is 0.406 e. The topological polar surface area (TPSA) is 30.9 Å². The van der Waals surface area contributed by atoms with Crippen LogP contribution in [0.1, 0.15) is 12.5 Å². The molecule has 0 saturated carbocycles. The summed E-state index contributed by atoms with van der Waals surface area (Å²) in [7, 11) is 0. The van der Waals surface area contributed by atoms with Crippen molar-refractivity contribution < 1.29 is 13.2 Å². The van der Waals surface area contributed by atoms with E-state index in [1.807, 2.05) is 19.1 Å². The SMILES string of the molecule is CC(N)Cc1ccc2c(ccn2CC(F)(F)F)c1. The van der Waals surface area contributed by atoms with E-state index in [4.69, 9.17) is 5.73 Å². The smallest absolute Gasteiger partial charge is 0.338 e. The Labute approximate surface area is 103 Å². The van der Waals surface area contributed by atoms with Crippen molar-refractivity contribution in [1.29, 1.82) is 0 Å². The highest BCUT2D eigenvalue weighted by Gasteiger charge is 2.28. The Kier molecular flexibility index (Phi) is 3.34. The molecule has 0 spiro atoms. The van der Waals surface area contributed by atoms with E-state index in [-0.39, 0.29) is 6.04 Å². The second kappa shape index (κ2) is 4.65. The van der Waals surface area contributed by atoms with Crippen LogP contribution in [0.2, 0.25) is 0 Å². The summed E-state index contributed by atoms with van der Waals surface area (Å²) >= 11 is 0. The molecule has 2 rings (SSSR count). The Balaban J connectivity index is 2.32. The molecule has 0 bridgehead atoms. The number of halogens is 3. The molecular formula is C13H15F3N2. The van der Waals surface area contributed by atoms with Crippen LogP contribution in [0.15, 0.2) is 30.5 Å². The number of aromatic nitrogens is 1. The first kappa shape index (κ1) is 13.0. The Bertz CT molecular complexity index is 541. The molecule has 1 atom stereocenters. The minimum atomic E-state index is -4.20. The lowest BCUT2D eigenvalue weighted by Crippen LogP contribution is -2.18. The maximum absolute atomic E-state index is 12.4. The van der Waals surface area contributed by atoms with Gasteiger partial charge in [0.2, 0.25) is 0 Å². The molecule has 0 aliphatic carbocycles. The van der Waals surface area contributed by atoms with Gasteiger partial charge in [-0.05, 0) is 42.5 Å². The minimum Gasteiger partial charge on any atom is -0.338 e. The Morgan fingerprint density at radius 3 is 2.61 bits per heavy atom. The molecule has 1 heterocycles. The molecule has 0 amide bonds. The molecule has 18 heavy (non-hydrogen) atoms. The summed E-state index contributed by atoms with van der Waals surface area (Å²) in [4.78, 5) is 0. The van der Waals surface area contributed by atoms with Crippen LogP contribution in [0.4, 0.5) is 13.2 Å². The second-order valence-corrected chi connectivity index (χ2v) is 4.63. The predicted octanol–water partition coefficient (Wildman–Crippen LogP) is 3.09. The number of hydrogen-bond donors (Lipinski definition) is 1. The summed E-state index contributed by atoms with van der Waals surface area (Å²) < 4.78 is 38.3. The van der Waals surface area contributed by atoms with E-state index in [1.54, 1.807) is 12.1 Å². The van der Waals surface area contributed by atoms with E-state index < -0.39 is 12.7 Å². The Morgan fingerprint density at radius 2 is 2.00 bits per heavy atom. The third-order valence-electron chi connectivity index (χ3n) is 2.74. The van der Waals surface area contributed by atoms with Gasteiger partial charge >= 0.3 is 6.18 Å². The van der Waals surface area contributed by atoms with E-state index in [0.717, 1.165) is 17.4 Å². The van der Waals surface area contributed by atoms with E-state index >= 15 is 0 Å². The molecule has 1 aromatic heterocycles. The molecule has 5 heteroatoms. The van der Waals surface area contributed by atoms with Gasteiger partial charge in [0.1, 0.15) is 6.54 Å². The number of alkyl halides is 3. The highest BCUT2D eigenvalue weighted by atomic mass is 19.4. The molecule has 0 radical (unpaired) electrons. The van der Waals surface area contributed by atoms with Crippen molar-refractivity contribution in [2.75, 3.05) is 0 Å². The highest BCUT2D eigenvalue weighted by molar-refractivity contribution is 5.80. The zero-order chi connectivity index (χ0) is 13.3. The van der Waals surface area contributed by atoms with Crippen molar-refractivity contribution >= 4 is 10.9 Å². The van der Waals surface area contributed by atoms with Crippen LogP contribution in [0.3, 0.4) is 0 Å². The largest absolute Gasteiger partial charge is 0.406 e. The maximum atomic E-state index is 12.4. The zero-order valence-corrected chi connectivity index (χ0v) is 10.0. The van der Waals surface area contributed by atoms with Gasteiger partial charge in [0.25, 0.3) is 0 Å². The van der Waals surface area contributed by atoms with Crippen LogP contribution in [-0.2, 0) is 13.0 Å². The number of nitrogens with two attached hydrogens (primary N) is 1. The van der Waals surface area contributed by atoms with E-state index in [2.05, 4.69) is 0 Å². The summed E-state index contributed by atoms with van der Waals surface area (Å²) in [5, 5.41) is 0.817. The molecular weight excluding hydrogens is 241 g/mol. The van der Waals surface area contributed by atoms with Crippen molar-refractivity contribution in [3.63, 3.8) is 0 Å². The lowest BCUT2D eigenvalue weighted by atomic mass is 10.1. The first-order chi connectivity index (χ1) is 8.35. The van der Waals surface area contributed by atoms with Crippen LogP contribution in [0.5, 0.6) is 0 Å². The molecule has 0 fully saturated rings. The standard InChI is InChI=1S/C13H15F3N2/c1-9(17)6-10-2-3-12-11(7-10)4-5-18(12)8-13(14,15)16/h2-5,7,9H,6,8,17H2,1H3. The summed E-state index contributed by atoms with van der Waals surface area (Å²) in [6.45, 7) is 0.947. The van der Waals surface area contributed by atoms with Gasteiger partial charge in [0.05, 0.1) is 0 Å². The predicted molar refractivity (Wildman–Crippen MR) is 65.3 cm³/mol. The summed E-state index contributed by atoms with van der Waals surface area (Å²) in [5.41, 5.74) is 7.34. The van der Waals surface area contributed by atoms with Crippen LogP contribution in [0.25, 0.3) is 10.9 Å². The third kappa shape index (κ3) is 3.04. The normalized spacial score (nSPS) is 14.1. The number of nitrogens with zero attached hydrogens (tertiary/aromatic N) is 1. The van der Waals surface area contributed by atoms with Gasteiger partial charge in [-0.1, -0.05) is 6.07 Å². The molecule has 2 nitrogen and oxygen atoms in total. The van der Waals surface area contributed by atoms with E-state index in [1.165, 1.54) is 10.8 Å². The number of benzene rings is 1. The lowest BCUT2D eigenvalue weighted by molar-refractivity contribution is -0.139. The van der Waals surface area contributed by atoms with Gasteiger partial charge in [-0.15, -0.1) is 0 Å². The molecule has 0 aliphatic heterocycles. The molecule has 2 aromatic rings. The van der Waals surface area contributed by atoms with Gasteiger partial charge in [0.15, 0.2) is 0 Å². The second-order valence-electron chi connectivity index (χ2n) is 4.63. The minimum absolute atomic E-state index is 0.0414. The average Bonchev–Trinajstić information content (AvgIpc) is 2.57. The molecule has 2 N–H and O–H groups in total. The fraction of sp³-hybridized carbons (Fsp3) is 0.385. The molecule has 98 valence electrons. The number of rotatable bonds is 3. The summed E-state index contributed by atoms with van der Waals surface area (Å²) in [6.07, 6.45) is -2.01. The molecule has 1 aromatic carbocycles. The first-order valence-corrected chi connectivity index (χ1v) is 5.75. The summed E-state index contributed by atoms with van der Waals surface area (Å²) in [5.74, 6) is 0. The number of hydrogen-bond acceptors (Lipinski definition) is 1. The summed E-state index contributed by atoms with van der Waals surface area (Å²) in [6, 6.07) is 7.19. The van der Waals surface area contributed by atoms with Gasteiger partial charge in [0, 0.05) is 17.8 Å². The molecule has 1 unspecified atom stereocenters. The Morgan fingerprint density at radius 1 is 1.28 bits per heavy atom. The fourth-order valence-electron chi connectivity index (χ4n) is 2.08. The highest BCUT2D eigenvalue weighted by Crippen LogP contribution is 2.23. The first-order valence-electron chi connectivity index (χ1n) is 5.75. The quantitative estimate of drug-likeness (QED) is 0.898. The van der Waals surface area contributed by atoms with E-state index in [0.29, 0.717) is 5.52 Å². The van der Waals surface area contributed by atoms with Crippen molar-refractivity contribution in [2.24, 2.45) is 5.73 Å². The zero-order valence-electron chi connectivity index (χ0n) is 10.0. The van der Waals surface area contributed by atoms with Crippen molar-refractivity contribution in [2.45, 2.75) is 32.1 Å². The van der Waals surface area contributed by atoms with Gasteiger partial charge < -0.3 is 10.3 Å². The number of fused-ring (bicyclic) bond motifs is 1. The van der Waals surface area contributed by atoms with Gasteiger partial charge in [-0.3, -0.25) is 0 Å². The monoisotopic (exact) mass is 256 g/mol. The van der Waals surface area contributed by atoms with Crippen LogP contribution in [0, 0.1) is 0 Å². The van der Waals surface area contributed by atoms with Crippen molar-refractivity contribution in [3.8, 4) is 0 Å².